The summed E-state index contributed by atoms with van der Waals surface area (Å²) in [5.74, 6) is 0.407. The van der Waals surface area contributed by atoms with E-state index in [1.54, 1.807) is 24.5 Å². The fraction of sp³-hybridized carbons (Fsp3) is 0.267. The standard InChI is InChI=1S/C15H17ClN4O/c1-3-18-14-7-12(6-13(16)20-14)15(21)19-9-11-4-5-17-8-10(11)2/h4-8H,3,9H2,1-2H3,(H,18,20)(H,19,21). The van der Waals surface area contributed by atoms with E-state index in [-0.39, 0.29) is 5.91 Å². The summed E-state index contributed by atoms with van der Waals surface area (Å²) in [4.78, 5) is 20.3. The molecule has 110 valence electrons. The van der Waals surface area contributed by atoms with Gasteiger partial charge in [0.25, 0.3) is 5.91 Å². The summed E-state index contributed by atoms with van der Waals surface area (Å²) < 4.78 is 0. The normalized spacial score (nSPS) is 10.2. The average molecular weight is 305 g/mol. The Bertz CT molecular complexity index is 645. The van der Waals surface area contributed by atoms with Crippen LogP contribution in [0, 0.1) is 6.92 Å². The predicted molar refractivity (Wildman–Crippen MR) is 83.6 cm³/mol. The molecule has 2 N–H and O–H groups in total. The zero-order valence-electron chi connectivity index (χ0n) is 12.0. The van der Waals surface area contributed by atoms with Crippen LogP contribution in [-0.2, 0) is 6.54 Å². The van der Waals surface area contributed by atoms with E-state index in [0.717, 1.165) is 11.1 Å². The van der Waals surface area contributed by atoms with Gasteiger partial charge in [0.2, 0.25) is 0 Å². The number of amides is 1. The number of nitrogens with zero attached hydrogens (tertiary/aromatic N) is 2. The molecule has 0 aromatic carbocycles. The summed E-state index contributed by atoms with van der Waals surface area (Å²) in [6.45, 7) is 5.07. The Balaban J connectivity index is 2.08. The van der Waals surface area contributed by atoms with E-state index in [2.05, 4.69) is 20.6 Å². The largest absolute Gasteiger partial charge is 0.370 e. The van der Waals surface area contributed by atoms with Crippen molar-refractivity contribution in [1.29, 1.82) is 0 Å². The first-order valence-electron chi connectivity index (χ1n) is 6.69. The van der Waals surface area contributed by atoms with Crippen LogP contribution in [0.4, 0.5) is 5.82 Å². The molecular formula is C15H17ClN4O. The number of halogens is 1. The molecule has 0 bridgehead atoms. The van der Waals surface area contributed by atoms with Crippen LogP contribution < -0.4 is 10.6 Å². The number of aryl methyl sites for hydroxylation is 1. The fourth-order valence-electron chi connectivity index (χ4n) is 1.88. The molecule has 0 aliphatic heterocycles. The number of carbonyl (C=O) groups excluding carboxylic acids is 1. The molecule has 0 saturated heterocycles. The Kier molecular flexibility index (Phi) is 5.11. The number of pyridine rings is 2. The number of carbonyl (C=O) groups is 1. The van der Waals surface area contributed by atoms with Crippen molar-refractivity contribution in [2.45, 2.75) is 20.4 Å². The number of anilines is 1. The lowest BCUT2D eigenvalue weighted by atomic mass is 10.1. The van der Waals surface area contributed by atoms with Crippen molar-refractivity contribution in [3.63, 3.8) is 0 Å². The third-order valence-corrected chi connectivity index (χ3v) is 3.18. The van der Waals surface area contributed by atoms with Gasteiger partial charge in [-0.15, -0.1) is 0 Å². The zero-order valence-corrected chi connectivity index (χ0v) is 12.7. The van der Waals surface area contributed by atoms with E-state index in [1.165, 1.54) is 0 Å². The third kappa shape index (κ3) is 4.16. The molecule has 0 aliphatic rings. The van der Waals surface area contributed by atoms with Gasteiger partial charge in [-0.05, 0) is 43.2 Å². The molecule has 6 heteroatoms. The van der Waals surface area contributed by atoms with Crippen molar-refractivity contribution >= 4 is 23.3 Å². The molecule has 0 fully saturated rings. The maximum absolute atomic E-state index is 12.2. The number of rotatable bonds is 5. The number of hydrogen-bond donors (Lipinski definition) is 2. The number of hydrogen-bond acceptors (Lipinski definition) is 4. The van der Waals surface area contributed by atoms with Crippen LogP contribution in [0.25, 0.3) is 0 Å². The summed E-state index contributed by atoms with van der Waals surface area (Å²) in [5, 5.41) is 6.20. The van der Waals surface area contributed by atoms with E-state index < -0.39 is 0 Å². The second-order valence-corrected chi connectivity index (χ2v) is 4.97. The second-order valence-electron chi connectivity index (χ2n) is 4.58. The van der Waals surface area contributed by atoms with Gasteiger partial charge in [-0.2, -0.15) is 0 Å². The molecule has 0 saturated carbocycles. The van der Waals surface area contributed by atoms with Crippen LogP contribution in [0.5, 0.6) is 0 Å². The van der Waals surface area contributed by atoms with E-state index in [1.807, 2.05) is 19.9 Å². The molecule has 2 aromatic heterocycles. The summed E-state index contributed by atoms with van der Waals surface area (Å²) in [7, 11) is 0. The van der Waals surface area contributed by atoms with Crippen molar-refractivity contribution in [3.8, 4) is 0 Å². The van der Waals surface area contributed by atoms with Gasteiger partial charge in [0.1, 0.15) is 11.0 Å². The summed E-state index contributed by atoms with van der Waals surface area (Å²) in [6, 6.07) is 5.13. The van der Waals surface area contributed by atoms with Crippen molar-refractivity contribution < 1.29 is 4.79 Å². The van der Waals surface area contributed by atoms with E-state index in [0.29, 0.717) is 29.6 Å². The maximum Gasteiger partial charge on any atom is 0.251 e. The Morgan fingerprint density at radius 1 is 1.38 bits per heavy atom. The molecule has 5 nitrogen and oxygen atoms in total. The van der Waals surface area contributed by atoms with Crippen molar-refractivity contribution in [2.75, 3.05) is 11.9 Å². The smallest absolute Gasteiger partial charge is 0.251 e. The lowest BCUT2D eigenvalue weighted by molar-refractivity contribution is 0.0951. The van der Waals surface area contributed by atoms with E-state index >= 15 is 0 Å². The summed E-state index contributed by atoms with van der Waals surface area (Å²) in [6.07, 6.45) is 3.48. The minimum atomic E-state index is -0.185. The Morgan fingerprint density at radius 3 is 2.90 bits per heavy atom. The zero-order chi connectivity index (χ0) is 15.2. The minimum absolute atomic E-state index is 0.185. The highest BCUT2D eigenvalue weighted by Crippen LogP contribution is 2.15. The quantitative estimate of drug-likeness (QED) is 0.834. The second kappa shape index (κ2) is 7.04. The van der Waals surface area contributed by atoms with Gasteiger partial charge in [-0.3, -0.25) is 9.78 Å². The molecule has 2 rings (SSSR count). The Morgan fingerprint density at radius 2 is 2.19 bits per heavy atom. The molecule has 0 spiro atoms. The highest BCUT2D eigenvalue weighted by atomic mass is 35.5. The van der Waals surface area contributed by atoms with Crippen LogP contribution >= 0.6 is 11.6 Å². The molecule has 1 amide bonds. The van der Waals surface area contributed by atoms with Crippen molar-refractivity contribution in [2.24, 2.45) is 0 Å². The van der Waals surface area contributed by atoms with E-state index in [4.69, 9.17) is 11.6 Å². The highest BCUT2D eigenvalue weighted by molar-refractivity contribution is 6.29. The Labute approximate surface area is 128 Å². The van der Waals surface area contributed by atoms with Crippen LogP contribution in [0.2, 0.25) is 5.15 Å². The van der Waals surface area contributed by atoms with Crippen molar-refractivity contribution in [1.82, 2.24) is 15.3 Å². The van der Waals surface area contributed by atoms with Gasteiger partial charge in [-0.1, -0.05) is 11.6 Å². The van der Waals surface area contributed by atoms with E-state index in [9.17, 15) is 4.79 Å². The SMILES string of the molecule is CCNc1cc(C(=O)NCc2ccncc2C)cc(Cl)n1. The topological polar surface area (TPSA) is 66.9 Å². The van der Waals surface area contributed by atoms with Crippen LogP contribution in [0.1, 0.15) is 28.4 Å². The van der Waals surface area contributed by atoms with Crippen LogP contribution in [-0.4, -0.2) is 22.4 Å². The van der Waals surface area contributed by atoms with Gasteiger partial charge in [0.15, 0.2) is 0 Å². The van der Waals surface area contributed by atoms with Gasteiger partial charge >= 0.3 is 0 Å². The minimum Gasteiger partial charge on any atom is -0.370 e. The lowest BCUT2D eigenvalue weighted by Gasteiger charge is -2.09. The first-order chi connectivity index (χ1) is 10.1. The molecule has 0 radical (unpaired) electrons. The molecule has 0 aliphatic carbocycles. The van der Waals surface area contributed by atoms with Gasteiger partial charge in [0, 0.05) is 31.0 Å². The molecule has 2 aromatic rings. The molecule has 0 atom stereocenters. The van der Waals surface area contributed by atoms with Crippen LogP contribution in [0.15, 0.2) is 30.6 Å². The van der Waals surface area contributed by atoms with Crippen molar-refractivity contribution in [3.05, 3.63) is 52.4 Å². The predicted octanol–water partition coefficient (Wildman–Crippen LogP) is 2.80. The summed E-state index contributed by atoms with van der Waals surface area (Å²) in [5.41, 5.74) is 2.56. The van der Waals surface area contributed by atoms with Crippen LogP contribution in [0.3, 0.4) is 0 Å². The Hall–Kier alpha value is -2.14. The molecule has 21 heavy (non-hydrogen) atoms. The molecule has 0 unspecified atom stereocenters. The van der Waals surface area contributed by atoms with Gasteiger partial charge in [-0.25, -0.2) is 4.98 Å². The monoisotopic (exact) mass is 304 g/mol. The van der Waals surface area contributed by atoms with Gasteiger partial charge < -0.3 is 10.6 Å². The summed E-state index contributed by atoms with van der Waals surface area (Å²) >= 11 is 5.93. The lowest BCUT2D eigenvalue weighted by Crippen LogP contribution is -2.23. The molecular weight excluding hydrogens is 288 g/mol. The maximum atomic E-state index is 12.2. The van der Waals surface area contributed by atoms with Gasteiger partial charge in [0.05, 0.1) is 0 Å². The number of aromatic nitrogens is 2. The fourth-order valence-corrected chi connectivity index (χ4v) is 2.09. The first kappa shape index (κ1) is 15.3. The highest BCUT2D eigenvalue weighted by Gasteiger charge is 2.09. The third-order valence-electron chi connectivity index (χ3n) is 2.99. The number of nitrogens with one attached hydrogen (secondary N) is 2. The average Bonchev–Trinajstić information content (AvgIpc) is 2.46. The first-order valence-corrected chi connectivity index (χ1v) is 7.07. The molecule has 2 heterocycles.